The van der Waals surface area contributed by atoms with E-state index in [9.17, 15) is 4.79 Å². The van der Waals surface area contributed by atoms with Crippen LogP contribution < -0.4 is 5.32 Å². The number of hydrogen-bond donors (Lipinski definition) is 1. The molecule has 0 saturated carbocycles. The number of nitrogens with zero attached hydrogens (tertiary/aromatic N) is 3. The summed E-state index contributed by atoms with van der Waals surface area (Å²) in [6.07, 6.45) is 6.96. The van der Waals surface area contributed by atoms with Crippen LogP contribution >= 0.6 is 15.9 Å². The fourth-order valence-corrected chi connectivity index (χ4v) is 2.79. The summed E-state index contributed by atoms with van der Waals surface area (Å²) in [5.74, 6) is -0.194. The van der Waals surface area contributed by atoms with Gasteiger partial charge in [-0.3, -0.25) is 9.78 Å². The maximum Gasteiger partial charge on any atom is 0.257 e. The standard InChI is InChI=1S/C19H13BrN4O/c20-15-5-3-13(4-6-15)17-12-24-11-16(7-8-18(24)23-17)22-19(25)14-2-1-9-21-10-14/h1-12H,(H,22,25). The van der Waals surface area contributed by atoms with E-state index in [1.807, 2.05) is 53.2 Å². The highest BCUT2D eigenvalue weighted by molar-refractivity contribution is 9.10. The molecule has 25 heavy (non-hydrogen) atoms. The van der Waals surface area contributed by atoms with Gasteiger partial charge in [-0.1, -0.05) is 28.1 Å². The molecule has 1 aromatic carbocycles. The molecule has 4 rings (SSSR count). The summed E-state index contributed by atoms with van der Waals surface area (Å²) in [5, 5.41) is 2.87. The number of imidazole rings is 1. The number of aromatic nitrogens is 3. The van der Waals surface area contributed by atoms with Crippen molar-refractivity contribution in [2.45, 2.75) is 0 Å². The first-order valence-electron chi connectivity index (χ1n) is 7.65. The van der Waals surface area contributed by atoms with E-state index in [0.717, 1.165) is 21.4 Å². The number of benzene rings is 1. The molecule has 0 atom stereocenters. The summed E-state index contributed by atoms with van der Waals surface area (Å²) < 4.78 is 2.93. The molecule has 0 bridgehead atoms. The van der Waals surface area contributed by atoms with Crippen molar-refractivity contribution in [3.63, 3.8) is 0 Å². The van der Waals surface area contributed by atoms with Crippen LogP contribution in [0.5, 0.6) is 0 Å². The van der Waals surface area contributed by atoms with Crippen molar-refractivity contribution in [2.24, 2.45) is 0 Å². The molecular weight excluding hydrogens is 380 g/mol. The zero-order chi connectivity index (χ0) is 17.2. The van der Waals surface area contributed by atoms with E-state index < -0.39 is 0 Å². The van der Waals surface area contributed by atoms with Gasteiger partial charge < -0.3 is 9.72 Å². The maximum absolute atomic E-state index is 12.2. The van der Waals surface area contributed by atoms with Crippen LogP contribution in [0.3, 0.4) is 0 Å². The first-order valence-corrected chi connectivity index (χ1v) is 8.44. The Morgan fingerprint density at radius 1 is 1.04 bits per heavy atom. The number of nitrogens with one attached hydrogen (secondary N) is 1. The van der Waals surface area contributed by atoms with E-state index >= 15 is 0 Å². The van der Waals surface area contributed by atoms with Crippen LogP contribution in [0.2, 0.25) is 0 Å². The molecular formula is C19H13BrN4O. The monoisotopic (exact) mass is 392 g/mol. The summed E-state index contributed by atoms with van der Waals surface area (Å²) >= 11 is 3.43. The van der Waals surface area contributed by atoms with Gasteiger partial charge in [-0.05, 0) is 36.4 Å². The molecule has 0 aliphatic heterocycles. The molecule has 4 aromatic rings. The van der Waals surface area contributed by atoms with E-state index in [1.165, 1.54) is 6.20 Å². The number of amides is 1. The fourth-order valence-electron chi connectivity index (χ4n) is 2.53. The predicted molar refractivity (Wildman–Crippen MR) is 101 cm³/mol. The van der Waals surface area contributed by atoms with Crippen molar-refractivity contribution in [3.8, 4) is 11.3 Å². The first-order chi connectivity index (χ1) is 12.2. The molecule has 5 nitrogen and oxygen atoms in total. The highest BCUT2D eigenvalue weighted by Crippen LogP contribution is 2.22. The molecule has 0 radical (unpaired) electrons. The van der Waals surface area contributed by atoms with Gasteiger partial charge in [-0.2, -0.15) is 0 Å². The maximum atomic E-state index is 12.2. The van der Waals surface area contributed by atoms with Gasteiger partial charge in [-0.25, -0.2) is 4.98 Å². The molecule has 3 heterocycles. The minimum absolute atomic E-state index is 0.194. The number of halogens is 1. The molecule has 0 aliphatic rings. The number of fused-ring (bicyclic) bond motifs is 1. The third-order valence-corrected chi connectivity index (χ3v) is 4.30. The van der Waals surface area contributed by atoms with Crippen LogP contribution in [0.4, 0.5) is 5.69 Å². The highest BCUT2D eigenvalue weighted by atomic mass is 79.9. The number of anilines is 1. The molecule has 3 aromatic heterocycles. The number of hydrogen-bond acceptors (Lipinski definition) is 3. The molecule has 0 aliphatic carbocycles. The topological polar surface area (TPSA) is 59.3 Å². The van der Waals surface area contributed by atoms with Crippen molar-refractivity contribution < 1.29 is 4.79 Å². The van der Waals surface area contributed by atoms with E-state index in [0.29, 0.717) is 11.3 Å². The Morgan fingerprint density at radius 2 is 1.88 bits per heavy atom. The molecule has 1 N–H and O–H groups in total. The Bertz CT molecular complexity index is 1040. The average molecular weight is 393 g/mol. The summed E-state index contributed by atoms with van der Waals surface area (Å²) in [6.45, 7) is 0. The lowest BCUT2D eigenvalue weighted by molar-refractivity contribution is 0.102. The van der Waals surface area contributed by atoms with Crippen LogP contribution in [-0.4, -0.2) is 20.3 Å². The third kappa shape index (κ3) is 3.29. The van der Waals surface area contributed by atoms with Gasteiger partial charge in [0.15, 0.2) is 0 Å². The third-order valence-electron chi connectivity index (χ3n) is 3.77. The molecule has 0 saturated heterocycles. The summed E-state index contributed by atoms with van der Waals surface area (Å²) in [6, 6.07) is 15.2. The van der Waals surface area contributed by atoms with Gasteiger partial charge >= 0.3 is 0 Å². The first kappa shape index (κ1) is 15.5. The van der Waals surface area contributed by atoms with Crippen LogP contribution in [0.15, 0.2) is 77.8 Å². The Labute approximate surface area is 152 Å². The second-order valence-electron chi connectivity index (χ2n) is 5.51. The zero-order valence-electron chi connectivity index (χ0n) is 13.1. The molecule has 6 heteroatoms. The molecule has 1 amide bonds. The smallest absolute Gasteiger partial charge is 0.257 e. The lowest BCUT2D eigenvalue weighted by Crippen LogP contribution is -2.12. The summed E-state index contributed by atoms with van der Waals surface area (Å²) in [4.78, 5) is 20.8. The Kier molecular flexibility index (Phi) is 4.03. The van der Waals surface area contributed by atoms with Gasteiger partial charge in [0.25, 0.3) is 5.91 Å². The lowest BCUT2D eigenvalue weighted by Gasteiger charge is -2.05. The van der Waals surface area contributed by atoms with Gasteiger partial charge in [0, 0.05) is 34.8 Å². The van der Waals surface area contributed by atoms with Crippen LogP contribution in [0.1, 0.15) is 10.4 Å². The van der Waals surface area contributed by atoms with Crippen molar-refractivity contribution in [2.75, 3.05) is 5.32 Å². The molecule has 0 unspecified atom stereocenters. The quantitative estimate of drug-likeness (QED) is 0.561. The largest absolute Gasteiger partial charge is 0.321 e. The molecule has 122 valence electrons. The fraction of sp³-hybridized carbons (Fsp3) is 0. The minimum atomic E-state index is -0.194. The normalized spacial score (nSPS) is 10.8. The molecule has 0 spiro atoms. The van der Waals surface area contributed by atoms with Crippen molar-refractivity contribution in [1.29, 1.82) is 0 Å². The number of rotatable bonds is 3. The second-order valence-corrected chi connectivity index (χ2v) is 6.43. The predicted octanol–water partition coefficient (Wildman–Crippen LogP) is 4.41. The summed E-state index contributed by atoms with van der Waals surface area (Å²) in [5.41, 5.74) is 3.94. The van der Waals surface area contributed by atoms with E-state index in [4.69, 9.17) is 0 Å². The Morgan fingerprint density at radius 3 is 2.64 bits per heavy atom. The lowest BCUT2D eigenvalue weighted by atomic mass is 10.2. The zero-order valence-corrected chi connectivity index (χ0v) is 14.6. The Hall–Kier alpha value is -2.99. The van der Waals surface area contributed by atoms with Gasteiger partial charge in [-0.15, -0.1) is 0 Å². The number of carbonyl (C=O) groups is 1. The van der Waals surface area contributed by atoms with Crippen molar-refractivity contribution in [1.82, 2.24) is 14.4 Å². The Balaban J connectivity index is 1.62. The summed E-state index contributed by atoms with van der Waals surface area (Å²) in [7, 11) is 0. The van der Waals surface area contributed by atoms with Crippen LogP contribution in [-0.2, 0) is 0 Å². The van der Waals surface area contributed by atoms with Gasteiger partial charge in [0.1, 0.15) is 5.65 Å². The minimum Gasteiger partial charge on any atom is -0.321 e. The van der Waals surface area contributed by atoms with Crippen molar-refractivity contribution in [3.05, 3.63) is 83.4 Å². The van der Waals surface area contributed by atoms with E-state index in [-0.39, 0.29) is 5.91 Å². The van der Waals surface area contributed by atoms with Gasteiger partial charge in [0.2, 0.25) is 0 Å². The van der Waals surface area contributed by atoms with Crippen LogP contribution in [0.25, 0.3) is 16.9 Å². The molecule has 0 fully saturated rings. The SMILES string of the molecule is O=C(Nc1ccc2nc(-c3ccc(Br)cc3)cn2c1)c1cccnc1. The van der Waals surface area contributed by atoms with Gasteiger partial charge in [0.05, 0.1) is 16.9 Å². The number of pyridine rings is 2. The van der Waals surface area contributed by atoms with Crippen molar-refractivity contribution >= 4 is 33.2 Å². The highest BCUT2D eigenvalue weighted by Gasteiger charge is 2.08. The average Bonchev–Trinajstić information content (AvgIpc) is 3.06. The van der Waals surface area contributed by atoms with E-state index in [1.54, 1.807) is 18.3 Å². The van der Waals surface area contributed by atoms with E-state index in [2.05, 4.69) is 31.2 Å². The van der Waals surface area contributed by atoms with Crippen LogP contribution in [0, 0.1) is 0 Å². The second kappa shape index (κ2) is 6.49. The number of carbonyl (C=O) groups excluding carboxylic acids is 1.